The highest BCUT2D eigenvalue weighted by Gasteiger charge is 2.25. The highest BCUT2D eigenvalue weighted by Crippen LogP contribution is 2.15. The number of rotatable bonds is 6. The van der Waals surface area contributed by atoms with Gasteiger partial charge in [-0.2, -0.15) is 0 Å². The van der Waals surface area contributed by atoms with Gasteiger partial charge in [0, 0.05) is 12.6 Å². The Labute approximate surface area is 95.7 Å². The van der Waals surface area contributed by atoms with Crippen LogP contribution in [0, 0.1) is 0 Å². The van der Waals surface area contributed by atoms with Gasteiger partial charge >= 0.3 is 5.97 Å². The van der Waals surface area contributed by atoms with Crippen LogP contribution >= 0.6 is 0 Å². The Morgan fingerprint density at radius 2 is 2.25 bits per heavy atom. The van der Waals surface area contributed by atoms with E-state index in [1.165, 1.54) is 0 Å². The lowest BCUT2D eigenvalue weighted by atomic mass is 10.2. The summed E-state index contributed by atoms with van der Waals surface area (Å²) in [7, 11) is -3.68. The molecule has 1 rings (SSSR count). The maximum atomic E-state index is 11.3. The first kappa shape index (κ1) is 13.4. The third kappa shape index (κ3) is 4.07. The van der Waals surface area contributed by atoms with E-state index < -0.39 is 21.7 Å². The predicted octanol–water partition coefficient (Wildman–Crippen LogP) is -0.525. The van der Waals surface area contributed by atoms with Crippen LogP contribution in [-0.4, -0.2) is 55.8 Å². The Hall–Kier alpha value is -0.660. The Morgan fingerprint density at radius 3 is 2.81 bits per heavy atom. The van der Waals surface area contributed by atoms with Crippen LogP contribution in [0.4, 0.5) is 0 Å². The van der Waals surface area contributed by atoms with Gasteiger partial charge in [0.05, 0.1) is 0 Å². The molecule has 1 saturated heterocycles. The summed E-state index contributed by atoms with van der Waals surface area (Å²) in [6, 6.07) is 0.202. The highest BCUT2D eigenvalue weighted by molar-refractivity contribution is 7.90. The second kappa shape index (κ2) is 5.60. The van der Waals surface area contributed by atoms with Crippen molar-refractivity contribution >= 4 is 16.0 Å². The first-order valence-corrected chi connectivity index (χ1v) is 7.03. The number of sulfonamides is 1. The molecule has 0 radical (unpaired) electrons. The van der Waals surface area contributed by atoms with Crippen molar-refractivity contribution in [1.82, 2.24) is 9.62 Å². The van der Waals surface area contributed by atoms with Crippen molar-refractivity contribution in [3.63, 3.8) is 0 Å². The number of carboxylic acid groups (broad SMARTS) is 1. The topological polar surface area (TPSA) is 86.7 Å². The van der Waals surface area contributed by atoms with E-state index >= 15 is 0 Å². The van der Waals surface area contributed by atoms with Crippen molar-refractivity contribution < 1.29 is 18.3 Å². The van der Waals surface area contributed by atoms with Gasteiger partial charge in [0.2, 0.25) is 10.0 Å². The van der Waals surface area contributed by atoms with Gasteiger partial charge in [0.15, 0.2) is 5.75 Å². The number of likely N-dealkylation sites (N-methyl/N-ethyl adjacent to an activating group) is 1. The Morgan fingerprint density at radius 1 is 1.56 bits per heavy atom. The zero-order chi connectivity index (χ0) is 12.2. The average molecular weight is 250 g/mol. The van der Waals surface area contributed by atoms with E-state index in [2.05, 4.69) is 9.62 Å². The number of hydrogen-bond acceptors (Lipinski definition) is 4. The molecule has 1 atom stereocenters. The minimum Gasteiger partial charge on any atom is -0.480 e. The molecule has 7 heteroatoms. The smallest absolute Gasteiger partial charge is 0.320 e. The third-order valence-electron chi connectivity index (χ3n) is 2.76. The van der Waals surface area contributed by atoms with Crippen LogP contribution in [0.1, 0.15) is 19.8 Å². The number of likely N-dealkylation sites (tertiary alicyclic amines) is 1. The lowest BCUT2D eigenvalue weighted by Gasteiger charge is -2.22. The third-order valence-corrected chi connectivity index (χ3v) is 3.99. The van der Waals surface area contributed by atoms with Crippen LogP contribution in [0.5, 0.6) is 0 Å². The zero-order valence-corrected chi connectivity index (χ0v) is 10.2. The van der Waals surface area contributed by atoms with E-state index in [4.69, 9.17) is 5.11 Å². The molecule has 1 fully saturated rings. The number of nitrogens with zero attached hydrogens (tertiary/aromatic N) is 1. The number of hydrogen-bond donors (Lipinski definition) is 2. The van der Waals surface area contributed by atoms with Gasteiger partial charge in [-0.1, -0.05) is 6.92 Å². The first-order chi connectivity index (χ1) is 7.44. The van der Waals surface area contributed by atoms with Crippen LogP contribution < -0.4 is 4.72 Å². The van der Waals surface area contributed by atoms with Gasteiger partial charge < -0.3 is 5.11 Å². The SMILES string of the molecule is CCN1CCCC1CNS(=O)(=O)CC(=O)O. The van der Waals surface area contributed by atoms with Crippen LogP contribution in [-0.2, 0) is 14.8 Å². The fraction of sp³-hybridized carbons (Fsp3) is 0.889. The fourth-order valence-corrected chi connectivity index (χ4v) is 2.85. The average Bonchev–Trinajstić information content (AvgIpc) is 2.59. The highest BCUT2D eigenvalue weighted by atomic mass is 32.2. The molecule has 0 spiro atoms. The Bertz CT molecular complexity index is 341. The first-order valence-electron chi connectivity index (χ1n) is 5.38. The molecule has 0 saturated carbocycles. The molecule has 1 aliphatic rings. The molecular weight excluding hydrogens is 232 g/mol. The molecular formula is C9H18N2O4S. The van der Waals surface area contributed by atoms with Crippen molar-refractivity contribution in [1.29, 1.82) is 0 Å². The van der Waals surface area contributed by atoms with Crippen LogP contribution in [0.3, 0.4) is 0 Å². The van der Waals surface area contributed by atoms with Crippen molar-refractivity contribution in [3.05, 3.63) is 0 Å². The van der Waals surface area contributed by atoms with Crippen molar-refractivity contribution in [2.45, 2.75) is 25.8 Å². The molecule has 1 unspecified atom stereocenters. The molecule has 2 N–H and O–H groups in total. The normalized spacial score (nSPS) is 22.4. The standard InChI is InChI=1S/C9H18N2O4S/c1-2-11-5-3-4-8(11)6-10-16(14,15)7-9(12)13/h8,10H,2-7H2,1H3,(H,12,13). The van der Waals surface area contributed by atoms with Crippen molar-refractivity contribution in [2.75, 3.05) is 25.4 Å². The maximum Gasteiger partial charge on any atom is 0.320 e. The molecule has 0 aromatic heterocycles. The molecule has 16 heavy (non-hydrogen) atoms. The van der Waals surface area contributed by atoms with E-state index in [9.17, 15) is 13.2 Å². The van der Waals surface area contributed by atoms with E-state index in [-0.39, 0.29) is 6.04 Å². The quantitative estimate of drug-likeness (QED) is 0.662. The van der Waals surface area contributed by atoms with Gasteiger partial charge in [0.1, 0.15) is 0 Å². The lowest BCUT2D eigenvalue weighted by molar-refractivity contribution is -0.134. The molecule has 1 aliphatic heterocycles. The molecule has 0 amide bonds. The molecule has 0 aliphatic carbocycles. The minimum atomic E-state index is -3.68. The van der Waals surface area contributed by atoms with E-state index in [0.717, 1.165) is 25.9 Å². The summed E-state index contributed by atoms with van der Waals surface area (Å²) in [6.07, 6.45) is 2.03. The Kier molecular flexibility index (Phi) is 4.69. The summed E-state index contributed by atoms with van der Waals surface area (Å²) < 4.78 is 24.9. The summed E-state index contributed by atoms with van der Waals surface area (Å²) in [5.41, 5.74) is 0. The number of aliphatic carboxylic acids is 1. The Balaban J connectivity index is 2.42. The van der Waals surface area contributed by atoms with Gasteiger partial charge in [-0.15, -0.1) is 0 Å². The van der Waals surface area contributed by atoms with Crippen LogP contribution in [0.25, 0.3) is 0 Å². The largest absolute Gasteiger partial charge is 0.480 e. The summed E-state index contributed by atoms with van der Waals surface area (Å²) in [6.45, 7) is 4.22. The number of carbonyl (C=O) groups is 1. The number of nitrogens with one attached hydrogen (secondary N) is 1. The van der Waals surface area contributed by atoms with Gasteiger partial charge in [-0.25, -0.2) is 13.1 Å². The summed E-state index contributed by atoms with van der Waals surface area (Å²) >= 11 is 0. The van der Waals surface area contributed by atoms with E-state index in [0.29, 0.717) is 6.54 Å². The van der Waals surface area contributed by atoms with Gasteiger partial charge in [0.25, 0.3) is 0 Å². The van der Waals surface area contributed by atoms with Gasteiger partial charge in [-0.3, -0.25) is 9.69 Å². The van der Waals surface area contributed by atoms with E-state index in [1.54, 1.807) is 0 Å². The molecule has 1 heterocycles. The number of carboxylic acids is 1. The monoisotopic (exact) mass is 250 g/mol. The molecule has 0 aromatic carbocycles. The predicted molar refractivity (Wildman–Crippen MR) is 59.7 cm³/mol. The molecule has 6 nitrogen and oxygen atoms in total. The molecule has 94 valence electrons. The van der Waals surface area contributed by atoms with Crippen LogP contribution in [0.15, 0.2) is 0 Å². The fourth-order valence-electron chi connectivity index (χ4n) is 1.98. The summed E-state index contributed by atoms with van der Waals surface area (Å²) in [4.78, 5) is 12.5. The second-order valence-electron chi connectivity index (χ2n) is 3.93. The minimum absolute atomic E-state index is 0.202. The second-order valence-corrected chi connectivity index (χ2v) is 5.73. The molecule has 0 aromatic rings. The maximum absolute atomic E-state index is 11.3. The zero-order valence-electron chi connectivity index (χ0n) is 9.35. The van der Waals surface area contributed by atoms with Crippen LogP contribution in [0.2, 0.25) is 0 Å². The van der Waals surface area contributed by atoms with Crippen molar-refractivity contribution in [3.8, 4) is 0 Å². The van der Waals surface area contributed by atoms with E-state index in [1.807, 2.05) is 6.92 Å². The molecule has 0 bridgehead atoms. The van der Waals surface area contributed by atoms with Crippen molar-refractivity contribution in [2.24, 2.45) is 0 Å². The van der Waals surface area contributed by atoms with Gasteiger partial charge in [-0.05, 0) is 25.9 Å². The summed E-state index contributed by atoms with van der Waals surface area (Å²) in [5.74, 6) is -2.18. The lowest BCUT2D eigenvalue weighted by Crippen LogP contribution is -2.41. The summed E-state index contributed by atoms with van der Waals surface area (Å²) in [5, 5.41) is 8.41.